The van der Waals surface area contributed by atoms with Gasteiger partial charge in [-0.1, -0.05) is 26.8 Å². The molecule has 0 saturated heterocycles. The normalized spacial score (nSPS) is 11.8. The van der Waals surface area contributed by atoms with Crippen LogP contribution in [-0.4, -0.2) is 15.6 Å². The van der Waals surface area contributed by atoms with Crippen molar-refractivity contribution in [3.8, 4) is 0 Å². The van der Waals surface area contributed by atoms with Crippen molar-refractivity contribution in [1.82, 2.24) is 4.57 Å². The average Bonchev–Trinajstić information content (AvgIpc) is 2.31. The summed E-state index contributed by atoms with van der Waals surface area (Å²) in [5.41, 5.74) is 0.873. The number of carboxylic acids is 1. The van der Waals surface area contributed by atoms with Gasteiger partial charge in [0.25, 0.3) is 5.56 Å². The molecule has 0 saturated carbocycles. The first-order valence-corrected chi connectivity index (χ1v) is 6.09. The lowest BCUT2D eigenvalue weighted by Gasteiger charge is -2.22. The maximum Gasteiger partial charge on any atom is 0.335 e. The topological polar surface area (TPSA) is 59.3 Å². The third-order valence-corrected chi connectivity index (χ3v) is 3.24. The number of aromatic nitrogens is 1. The Balaban J connectivity index is 2.93. The Hall–Kier alpha value is -2.10. The summed E-state index contributed by atoms with van der Waals surface area (Å²) < 4.78 is 1.51. The summed E-state index contributed by atoms with van der Waals surface area (Å²) in [5, 5.41) is 10.3. The Morgan fingerprint density at radius 3 is 2.37 bits per heavy atom. The zero-order valence-electron chi connectivity index (χ0n) is 11.5. The lowest BCUT2D eigenvalue weighted by atomic mass is 9.85. The molecule has 0 amide bonds. The molecule has 4 heteroatoms. The van der Waals surface area contributed by atoms with E-state index < -0.39 is 5.97 Å². The number of carboxylic acid groups (broad SMARTS) is 1. The van der Waals surface area contributed by atoms with Crippen LogP contribution in [0.25, 0.3) is 10.8 Å². The molecule has 0 aliphatic heterocycles. The van der Waals surface area contributed by atoms with E-state index >= 15 is 0 Å². The molecule has 0 unspecified atom stereocenters. The lowest BCUT2D eigenvalue weighted by molar-refractivity contribution is 0.0697. The first-order chi connectivity index (χ1) is 8.71. The predicted molar refractivity (Wildman–Crippen MR) is 74.8 cm³/mol. The highest BCUT2D eigenvalue weighted by atomic mass is 16.4. The number of hydrogen-bond acceptors (Lipinski definition) is 2. The fraction of sp³-hybridized carbons (Fsp3) is 0.333. The van der Waals surface area contributed by atoms with Gasteiger partial charge in [0.1, 0.15) is 0 Å². The van der Waals surface area contributed by atoms with Crippen LogP contribution in [0.1, 0.15) is 36.7 Å². The molecular formula is C15H17NO3. The number of rotatable bonds is 1. The van der Waals surface area contributed by atoms with Gasteiger partial charge in [-0.2, -0.15) is 0 Å². The van der Waals surface area contributed by atoms with Crippen LogP contribution in [0.2, 0.25) is 0 Å². The van der Waals surface area contributed by atoms with E-state index in [-0.39, 0.29) is 16.5 Å². The molecule has 2 aromatic rings. The van der Waals surface area contributed by atoms with Crippen molar-refractivity contribution in [2.45, 2.75) is 26.2 Å². The maximum atomic E-state index is 12.2. The summed E-state index contributed by atoms with van der Waals surface area (Å²) in [6.07, 6.45) is 1.82. The summed E-state index contributed by atoms with van der Waals surface area (Å²) >= 11 is 0. The van der Waals surface area contributed by atoms with Gasteiger partial charge in [0.05, 0.1) is 5.56 Å². The SMILES string of the molecule is Cn1cc(C(C)(C)C)c2ccc(C(=O)O)cc2c1=O. The van der Waals surface area contributed by atoms with E-state index in [2.05, 4.69) is 20.8 Å². The number of nitrogens with zero attached hydrogens (tertiary/aromatic N) is 1. The quantitative estimate of drug-likeness (QED) is 0.856. The minimum atomic E-state index is -1.02. The third kappa shape index (κ3) is 2.26. The molecule has 0 aliphatic rings. The second-order valence-corrected chi connectivity index (χ2v) is 5.77. The zero-order chi connectivity index (χ0) is 14.4. The summed E-state index contributed by atoms with van der Waals surface area (Å²) in [6, 6.07) is 4.72. The van der Waals surface area contributed by atoms with E-state index in [1.165, 1.54) is 10.6 Å². The van der Waals surface area contributed by atoms with Gasteiger partial charge in [0.2, 0.25) is 0 Å². The number of aryl methyl sites for hydroxylation is 1. The van der Waals surface area contributed by atoms with E-state index in [1.54, 1.807) is 19.2 Å². The Morgan fingerprint density at radius 1 is 1.21 bits per heavy atom. The Labute approximate surface area is 111 Å². The van der Waals surface area contributed by atoms with Crippen LogP contribution < -0.4 is 5.56 Å². The van der Waals surface area contributed by atoms with E-state index in [0.717, 1.165) is 10.9 Å². The fourth-order valence-electron chi connectivity index (χ4n) is 2.20. The van der Waals surface area contributed by atoms with Crippen molar-refractivity contribution in [3.05, 3.63) is 45.9 Å². The minimum Gasteiger partial charge on any atom is -0.478 e. The molecule has 1 aromatic carbocycles. The first kappa shape index (κ1) is 13.3. The third-order valence-electron chi connectivity index (χ3n) is 3.24. The van der Waals surface area contributed by atoms with Crippen molar-refractivity contribution in [2.75, 3.05) is 0 Å². The lowest BCUT2D eigenvalue weighted by Crippen LogP contribution is -2.22. The highest BCUT2D eigenvalue weighted by molar-refractivity contribution is 5.95. The zero-order valence-corrected chi connectivity index (χ0v) is 11.5. The van der Waals surface area contributed by atoms with E-state index in [1.807, 2.05) is 6.20 Å². The summed E-state index contributed by atoms with van der Waals surface area (Å²) in [6.45, 7) is 6.20. The van der Waals surface area contributed by atoms with Crippen molar-refractivity contribution >= 4 is 16.7 Å². The number of carbonyl (C=O) groups is 1. The van der Waals surface area contributed by atoms with Crippen LogP contribution in [0.3, 0.4) is 0 Å². The fourth-order valence-corrected chi connectivity index (χ4v) is 2.20. The van der Waals surface area contributed by atoms with Crippen LogP contribution in [-0.2, 0) is 12.5 Å². The van der Waals surface area contributed by atoms with Crippen molar-refractivity contribution in [2.24, 2.45) is 7.05 Å². The van der Waals surface area contributed by atoms with E-state index in [9.17, 15) is 9.59 Å². The number of hydrogen-bond donors (Lipinski definition) is 1. The molecular weight excluding hydrogens is 242 g/mol. The molecule has 100 valence electrons. The average molecular weight is 259 g/mol. The molecule has 0 aliphatic carbocycles. The second-order valence-electron chi connectivity index (χ2n) is 5.77. The highest BCUT2D eigenvalue weighted by Crippen LogP contribution is 2.28. The smallest absolute Gasteiger partial charge is 0.335 e. The molecule has 2 rings (SSSR count). The van der Waals surface area contributed by atoms with Crippen LogP contribution in [0, 0.1) is 0 Å². The Kier molecular flexibility index (Phi) is 2.97. The van der Waals surface area contributed by atoms with Gasteiger partial charge in [-0.15, -0.1) is 0 Å². The van der Waals surface area contributed by atoms with Crippen molar-refractivity contribution < 1.29 is 9.90 Å². The van der Waals surface area contributed by atoms with Crippen LogP contribution in [0.4, 0.5) is 0 Å². The molecule has 19 heavy (non-hydrogen) atoms. The number of benzene rings is 1. The Bertz CT molecular complexity index is 720. The monoisotopic (exact) mass is 259 g/mol. The van der Waals surface area contributed by atoms with Gasteiger partial charge >= 0.3 is 5.97 Å². The molecule has 1 aromatic heterocycles. The molecule has 4 nitrogen and oxygen atoms in total. The van der Waals surface area contributed by atoms with Gasteiger partial charge in [-0.3, -0.25) is 4.79 Å². The largest absolute Gasteiger partial charge is 0.478 e. The molecule has 1 N–H and O–H groups in total. The van der Waals surface area contributed by atoms with Gasteiger partial charge in [-0.25, -0.2) is 4.79 Å². The maximum absolute atomic E-state index is 12.2. The molecule has 0 radical (unpaired) electrons. The number of aromatic carboxylic acids is 1. The van der Waals surface area contributed by atoms with Gasteiger partial charge < -0.3 is 9.67 Å². The molecule has 0 fully saturated rings. The summed E-state index contributed by atoms with van der Waals surface area (Å²) in [4.78, 5) is 23.2. The van der Waals surface area contributed by atoms with E-state index in [4.69, 9.17) is 5.11 Å². The van der Waals surface area contributed by atoms with Crippen molar-refractivity contribution in [1.29, 1.82) is 0 Å². The van der Waals surface area contributed by atoms with Gasteiger partial charge in [0, 0.05) is 18.6 Å². The van der Waals surface area contributed by atoms with E-state index in [0.29, 0.717) is 5.39 Å². The molecule has 0 spiro atoms. The molecule has 0 atom stereocenters. The predicted octanol–water partition coefficient (Wildman–Crippen LogP) is 2.53. The van der Waals surface area contributed by atoms with Crippen LogP contribution in [0.5, 0.6) is 0 Å². The van der Waals surface area contributed by atoms with Crippen LogP contribution >= 0.6 is 0 Å². The standard InChI is InChI=1S/C15H17NO3/c1-15(2,3)12-8-16(4)13(17)11-7-9(14(18)19)5-6-10(11)12/h5-8H,1-4H3,(H,18,19). The first-order valence-electron chi connectivity index (χ1n) is 6.09. The number of fused-ring (bicyclic) bond motifs is 1. The van der Waals surface area contributed by atoms with Crippen molar-refractivity contribution in [3.63, 3.8) is 0 Å². The van der Waals surface area contributed by atoms with Crippen LogP contribution in [0.15, 0.2) is 29.2 Å². The number of pyridine rings is 1. The second kappa shape index (κ2) is 4.23. The summed E-state index contributed by atoms with van der Waals surface area (Å²) in [7, 11) is 1.68. The molecule has 1 heterocycles. The summed E-state index contributed by atoms with van der Waals surface area (Å²) in [5.74, 6) is -1.02. The molecule has 0 bridgehead atoms. The van der Waals surface area contributed by atoms with Gasteiger partial charge in [0.15, 0.2) is 0 Å². The van der Waals surface area contributed by atoms with Gasteiger partial charge in [-0.05, 0) is 28.5 Å². The Morgan fingerprint density at radius 2 is 1.84 bits per heavy atom. The highest BCUT2D eigenvalue weighted by Gasteiger charge is 2.19. The minimum absolute atomic E-state index is 0.117.